The number of carboxylic acids is 1. The molecule has 0 radical (unpaired) electrons. The fourth-order valence-corrected chi connectivity index (χ4v) is 5.17. The third-order valence-electron chi connectivity index (χ3n) is 4.88. The molecule has 0 aromatic rings. The Bertz CT molecular complexity index is 434. The highest BCUT2D eigenvalue weighted by molar-refractivity contribution is 8.00. The van der Waals surface area contributed by atoms with E-state index in [2.05, 4.69) is 10.2 Å². The summed E-state index contributed by atoms with van der Waals surface area (Å²) in [6.45, 7) is 4.17. The molecule has 3 aliphatic heterocycles. The van der Waals surface area contributed by atoms with E-state index in [4.69, 9.17) is 0 Å². The lowest BCUT2D eigenvalue weighted by molar-refractivity contribution is -0.141. The number of carbonyl (C=O) groups is 2. The van der Waals surface area contributed by atoms with Crippen LogP contribution in [0.3, 0.4) is 0 Å². The zero-order chi connectivity index (χ0) is 15.0. The molecule has 3 fully saturated rings. The lowest BCUT2D eigenvalue weighted by Crippen LogP contribution is -2.54. The van der Waals surface area contributed by atoms with Crippen molar-refractivity contribution in [3.8, 4) is 0 Å². The zero-order valence-electron chi connectivity index (χ0n) is 12.3. The van der Waals surface area contributed by atoms with Crippen molar-refractivity contribution >= 4 is 23.8 Å². The summed E-state index contributed by atoms with van der Waals surface area (Å²) in [4.78, 5) is 27.9. The van der Waals surface area contributed by atoms with Crippen LogP contribution in [0, 0.1) is 0 Å². The predicted molar refractivity (Wildman–Crippen MR) is 81.3 cm³/mol. The van der Waals surface area contributed by atoms with Gasteiger partial charge in [0.05, 0.1) is 5.37 Å². The van der Waals surface area contributed by atoms with Gasteiger partial charge in [0.2, 0.25) is 0 Å². The number of hydrogen-bond acceptors (Lipinski definition) is 4. The minimum atomic E-state index is -0.900. The highest BCUT2D eigenvalue weighted by Crippen LogP contribution is 2.32. The Labute approximate surface area is 129 Å². The molecule has 0 bridgehead atoms. The number of fused-ring (bicyclic) bond motifs is 1. The van der Waals surface area contributed by atoms with Gasteiger partial charge in [-0.15, -0.1) is 11.8 Å². The van der Waals surface area contributed by atoms with E-state index >= 15 is 0 Å². The van der Waals surface area contributed by atoms with Crippen LogP contribution in [-0.2, 0) is 4.79 Å². The summed E-state index contributed by atoms with van der Waals surface area (Å²) in [5, 5.41) is 12.4. The lowest BCUT2D eigenvalue weighted by atomic mass is 10.1. The standard InChI is InChI=1S/C14H23N3O3S/c1-2-12-17(11(8-21-12)13(18)19)14(20)15-9-5-7-16-6-3-4-10(9)16/h9-12H,2-8H2,1H3,(H,15,20)(H,18,19). The third kappa shape index (κ3) is 2.73. The van der Waals surface area contributed by atoms with Crippen molar-refractivity contribution in [2.24, 2.45) is 0 Å². The number of urea groups is 1. The number of rotatable bonds is 3. The number of carbonyl (C=O) groups excluding carboxylic acids is 1. The van der Waals surface area contributed by atoms with Gasteiger partial charge in [0.1, 0.15) is 6.04 Å². The second kappa shape index (κ2) is 6.04. The van der Waals surface area contributed by atoms with Crippen LogP contribution in [0.1, 0.15) is 32.6 Å². The van der Waals surface area contributed by atoms with Crippen LogP contribution in [0.2, 0.25) is 0 Å². The predicted octanol–water partition coefficient (Wildman–Crippen LogP) is 1.17. The van der Waals surface area contributed by atoms with E-state index in [9.17, 15) is 14.7 Å². The van der Waals surface area contributed by atoms with Gasteiger partial charge in [-0.05, 0) is 32.2 Å². The van der Waals surface area contributed by atoms with Crippen molar-refractivity contribution in [3.63, 3.8) is 0 Å². The number of aliphatic carboxylic acids is 1. The highest BCUT2D eigenvalue weighted by Gasteiger charge is 2.43. The fourth-order valence-electron chi connectivity index (χ4n) is 3.82. The van der Waals surface area contributed by atoms with Gasteiger partial charge in [-0.25, -0.2) is 9.59 Å². The molecule has 21 heavy (non-hydrogen) atoms. The molecule has 2 amide bonds. The van der Waals surface area contributed by atoms with Crippen LogP contribution in [0.15, 0.2) is 0 Å². The Hall–Kier alpha value is -0.950. The van der Waals surface area contributed by atoms with E-state index in [1.165, 1.54) is 6.42 Å². The number of nitrogens with zero attached hydrogens (tertiary/aromatic N) is 2. The van der Waals surface area contributed by atoms with Crippen LogP contribution in [0.4, 0.5) is 4.79 Å². The number of thioether (sulfide) groups is 1. The molecule has 3 aliphatic rings. The van der Waals surface area contributed by atoms with Gasteiger partial charge in [0, 0.05) is 24.4 Å². The van der Waals surface area contributed by atoms with E-state index in [-0.39, 0.29) is 17.4 Å². The van der Waals surface area contributed by atoms with Crippen molar-refractivity contribution < 1.29 is 14.7 Å². The summed E-state index contributed by atoms with van der Waals surface area (Å²) >= 11 is 1.57. The molecule has 3 heterocycles. The van der Waals surface area contributed by atoms with Crippen molar-refractivity contribution in [1.29, 1.82) is 0 Å². The SMILES string of the molecule is CCC1SCC(C(=O)O)N1C(=O)NC1CCN2CCCC12. The van der Waals surface area contributed by atoms with Gasteiger partial charge < -0.3 is 10.4 Å². The molecule has 0 aromatic carbocycles. The highest BCUT2D eigenvalue weighted by atomic mass is 32.2. The largest absolute Gasteiger partial charge is 0.480 e. The van der Waals surface area contributed by atoms with E-state index < -0.39 is 12.0 Å². The van der Waals surface area contributed by atoms with Gasteiger partial charge in [-0.2, -0.15) is 0 Å². The summed E-state index contributed by atoms with van der Waals surface area (Å²) in [5.74, 6) is -0.413. The van der Waals surface area contributed by atoms with E-state index in [1.807, 2.05) is 6.92 Å². The van der Waals surface area contributed by atoms with Gasteiger partial charge in [-0.1, -0.05) is 6.92 Å². The Morgan fingerprint density at radius 2 is 2.14 bits per heavy atom. The average molecular weight is 313 g/mol. The normalized spacial score (nSPS) is 36.0. The van der Waals surface area contributed by atoms with Crippen molar-refractivity contribution in [1.82, 2.24) is 15.1 Å². The summed E-state index contributed by atoms with van der Waals surface area (Å²) in [6, 6.07) is -0.260. The number of hydrogen-bond donors (Lipinski definition) is 2. The van der Waals surface area contributed by atoms with E-state index in [0.29, 0.717) is 11.8 Å². The molecule has 0 aromatic heterocycles. The van der Waals surface area contributed by atoms with Crippen LogP contribution < -0.4 is 5.32 Å². The van der Waals surface area contributed by atoms with Crippen LogP contribution in [0.25, 0.3) is 0 Å². The quantitative estimate of drug-likeness (QED) is 0.818. The van der Waals surface area contributed by atoms with Gasteiger partial charge >= 0.3 is 12.0 Å². The molecule has 2 N–H and O–H groups in total. The maximum atomic E-state index is 12.6. The lowest BCUT2D eigenvalue weighted by Gasteiger charge is -2.30. The molecular formula is C14H23N3O3S. The number of amides is 2. The molecule has 3 saturated heterocycles. The smallest absolute Gasteiger partial charge is 0.327 e. The first-order valence-electron chi connectivity index (χ1n) is 7.79. The van der Waals surface area contributed by atoms with Crippen molar-refractivity contribution in [2.75, 3.05) is 18.8 Å². The van der Waals surface area contributed by atoms with Gasteiger partial charge in [0.15, 0.2) is 0 Å². The molecule has 7 heteroatoms. The monoisotopic (exact) mass is 313 g/mol. The second-order valence-corrected chi connectivity index (χ2v) is 7.26. The Morgan fingerprint density at radius 3 is 2.86 bits per heavy atom. The molecule has 118 valence electrons. The van der Waals surface area contributed by atoms with Crippen molar-refractivity contribution in [3.05, 3.63) is 0 Å². The molecule has 6 nitrogen and oxygen atoms in total. The maximum Gasteiger partial charge on any atom is 0.327 e. The molecule has 0 saturated carbocycles. The molecule has 4 atom stereocenters. The number of nitrogens with one attached hydrogen (secondary N) is 1. The van der Waals surface area contributed by atoms with Crippen molar-refractivity contribution in [2.45, 2.75) is 56.1 Å². The Balaban J connectivity index is 1.67. The molecular weight excluding hydrogens is 290 g/mol. The second-order valence-electron chi connectivity index (χ2n) is 6.05. The Kier molecular flexibility index (Phi) is 4.31. The number of carboxylic acid groups (broad SMARTS) is 1. The minimum absolute atomic E-state index is 0.0211. The summed E-state index contributed by atoms with van der Waals surface area (Å²) in [5.41, 5.74) is 0. The fraction of sp³-hybridized carbons (Fsp3) is 0.857. The summed E-state index contributed by atoms with van der Waals surface area (Å²) < 4.78 is 0. The van der Waals surface area contributed by atoms with E-state index in [0.717, 1.165) is 32.4 Å². The maximum absolute atomic E-state index is 12.6. The van der Waals surface area contributed by atoms with Crippen LogP contribution >= 0.6 is 11.8 Å². The zero-order valence-corrected chi connectivity index (χ0v) is 13.1. The first-order chi connectivity index (χ1) is 10.1. The minimum Gasteiger partial charge on any atom is -0.480 e. The molecule has 0 spiro atoms. The summed E-state index contributed by atoms with van der Waals surface area (Å²) in [7, 11) is 0. The summed E-state index contributed by atoms with van der Waals surface area (Å²) in [6.07, 6.45) is 4.10. The molecule has 3 rings (SSSR count). The molecule has 4 unspecified atom stereocenters. The van der Waals surface area contributed by atoms with Gasteiger partial charge in [0.25, 0.3) is 0 Å². The van der Waals surface area contributed by atoms with Crippen LogP contribution in [0.5, 0.6) is 0 Å². The average Bonchev–Trinajstić information content (AvgIpc) is 3.13. The first kappa shape index (κ1) is 15.0. The van der Waals surface area contributed by atoms with Crippen LogP contribution in [-0.4, -0.2) is 69.2 Å². The third-order valence-corrected chi connectivity index (χ3v) is 6.33. The molecule has 0 aliphatic carbocycles. The Morgan fingerprint density at radius 1 is 1.33 bits per heavy atom. The van der Waals surface area contributed by atoms with Gasteiger partial charge in [-0.3, -0.25) is 9.80 Å². The van der Waals surface area contributed by atoms with E-state index in [1.54, 1.807) is 16.7 Å². The first-order valence-corrected chi connectivity index (χ1v) is 8.84. The topological polar surface area (TPSA) is 72.9 Å².